The zero-order valence-corrected chi connectivity index (χ0v) is 10.7. The summed E-state index contributed by atoms with van der Waals surface area (Å²) >= 11 is 0. The molecular weight excluding hydrogens is 224 g/mol. The molecule has 3 aromatic rings. The highest BCUT2D eigenvalue weighted by Gasteiger charge is 2.09. The summed E-state index contributed by atoms with van der Waals surface area (Å²) in [5, 5.41) is 9.86. The van der Waals surface area contributed by atoms with E-state index < -0.39 is 0 Å². The highest BCUT2D eigenvalue weighted by molar-refractivity contribution is 5.89. The van der Waals surface area contributed by atoms with Crippen molar-refractivity contribution in [3.63, 3.8) is 0 Å². The Morgan fingerprint density at radius 2 is 1.61 bits per heavy atom. The van der Waals surface area contributed by atoms with Crippen LogP contribution in [0.5, 0.6) is 5.75 Å². The van der Waals surface area contributed by atoms with E-state index in [1.807, 2.05) is 39.0 Å². The van der Waals surface area contributed by atoms with E-state index in [1.54, 1.807) is 6.07 Å². The van der Waals surface area contributed by atoms with E-state index in [4.69, 9.17) is 0 Å². The molecule has 0 aliphatic heterocycles. The first-order valence-electron chi connectivity index (χ1n) is 5.93. The molecule has 1 heterocycles. The van der Waals surface area contributed by atoms with Crippen LogP contribution in [-0.2, 0) is 0 Å². The summed E-state index contributed by atoms with van der Waals surface area (Å²) in [7, 11) is 0. The highest BCUT2D eigenvalue weighted by atomic mass is 16.3. The summed E-state index contributed by atoms with van der Waals surface area (Å²) in [5.41, 5.74) is 6.37. The van der Waals surface area contributed by atoms with Crippen LogP contribution in [0, 0.1) is 20.8 Å². The lowest BCUT2D eigenvalue weighted by molar-refractivity contribution is 0.471. The molecule has 0 aliphatic rings. The quantitative estimate of drug-likeness (QED) is 0.610. The van der Waals surface area contributed by atoms with Crippen LogP contribution >= 0.6 is 0 Å². The third-order valence-corrected chi connectivity index (χ3v) is 3.42. The zero-order chi connectivity index (χ0) is 12.9. The molecule has 2 aromatic carbocycles. The van der Waals surface area contributed by atoms with E-state index in [9.17, 15) is 5.11 Å². The fraction of sp³-hybridized carbons (Fsp3) is 0.200. The van der Waals surface area contributed by atoms with Gasteiger partial charge < -0.3 is 5.11 Å². The van der Waals surface area contributed by atoms with Crippen molar-refractivity contribution in [3.05, 3.63) is 41.0 Å². The molecule has 3 rings (SSSR count). The first-order valence-corrected chi connectivity index (χ1v) is 5.93. The zero-order valence-electron chi connectivity index (χ0n) is 10.7. The number of aromatic hydroxyl groups is 1. The molecule has 0 aliphatic carbocycles. The van der Waals surface area contributed by atoms with Gasteiger partial charge in [-0.3, -0.25) is 0 Å². The molecule has 3 nitrogen and oxygen atoms in total. The van der Waals surface area contributed by atoms with Crippen molar-refractivity contribution in [2.45, 2.75) is 20.8 Å². The third kappa shape index (κ3) is 1.51. The molecule has 18 heavy (non-hydrogen) atoms. The first-order chi connectivity index (χ1) is 8.56. The SMILES string of the molecule is Cc1ccc2nc3c(C)c(C)c(O)cc3nc2c1. The molecule has 1 aromatic heterocycles. The van der Waals surface area contributed by atoms with Crippen molar-refractivity contribution < 1.29 is 5.11 Å². The fourth-order valence-corrected chi connectivity index (χ4v) is 2.16. The molecule has 0 unspecified atom stereocenters. The molecule has 0 fully saturated rings. The summed E-state index contributed by atoms with van der Waals surface area (Å²) in [5.74, 6) is 0.279. The lowest BCUT2D eigenvalue weighted by Gasteiger charge is -2.08. The number of aromatic nitrogens is 2. The van der Waals surface area contributed by atoms with E-state index in [1.165, 1.54) is 0 Å². The first kappa shape index (κ1) is 11.0. The summed E-state index contributed by atoms with van der Waals surface area (Å²) in [6, 6.07) is 7.71. The summed E-state index contributed by atoms with van der Waals surface area (Å²) < 4.78 is 0. The van der Waals surface area contributed by atoms with Crippen molar-refractivity contribution in [1.82, 2.24) is 9.97 Å². The minimum atomic E-state index is 0.279. The Labute approximate surface area is 105 Å². The summed E-state index contributed by atoms with van der Waals surface area (Å²) in [6.45, 7) is 5.89. The Morgan fingerprint density at radius 3 is 2.39 bits per heavy atom. The number of hydrogen-bond acceptors (Lipinski definition) is 3. The molecular formula is C15H14N2O. The maximum absolute atomic E-state index is 9.86. The third-order valence-electron chi connectivity index (χ3n) is 3.42. The fourth-order valence-electron chi connectivity index (χ4n) is 2.16. The molecule has 0 amide bonds. The van der Waals surface area contributed by atoms with Gasteiger partial charge in [0.05, 0.1) is 22.1 Å². The van der Waals surface area contributed by atoms with Gasteiger partial charge in [-0.15, -0.1) is 0 Å². The normalized spacial score (nSPS) is 11.3. The maximum Gasteiger partial charge on any atom is 0.121 e. The van der Waals surface area contributed by atoms with Crippen LogP contribution < -0.4 is 0 Å². The number of phenolic OH excluding ortho intramolecular Hbond substituents is 1. The second kappa shape index (κ2) is 3.67. The molecule has 3 heteroatoms. The number of phenols is 1. The number of aryl methyl sites for hydroxylation is 2. The Bertz CT molecular complexity index is 778. The summed E-state index contributed by atoms with van der Waals surface area (Å²) in [6.07, 6.45) is 0. The van der Waals surface area contributed by atoms with Crippen molar-refractivity contribution in [2.75, 3.05) is 0 Å². The Morgan fingerprint density at radius 1 is 0.833 bits per heavy atom. The van der Waals surface area contributed by atoms with E-state index in [0.717, 1.165) is 38.8 Å². The van der Waals surface area contributed by atoms with Gasteiger partial charge >= 0.3 is 0 Å². The molecule has 0 radical (unpaired) electrons. The highest BCUT2D eigenvalue weighted by Crippen LogP contribution is 2.28. The van der Waals surface area contributed by atoms with Crippen LogP contribution in [0.2, 0.25) is 0 Å². The lowest BCUT2D eigenvalue weighted by atomic mass is 10.1. The largest absolute Gasteiger partial charge is 0.508 e. The predicted octanol–water partition coefficient (Wildman–Crippen LogP) is 3.41. The maximum atomic E-state index is 9.86. The van der Waals surface area contributed by atoms with E-state index in [2.05, 4.69) is 9.97 Å². The smallest absolute Gasteiger partial charge is 0.121 e. The standard InChI is InChI=1S/C15H14N2O/c1-8-4-5-11-12(6-8)16-13-7-14(18)9(2)10(3)15(13)17-11/h4-7,18H,1-3H3. The van der Waals surface area contributed by atoms with Gasteiger partial charge in [-0.2, -0.15) is 0 Å². The van der Waals surface area contributed by atoms with Crippen LogP contribution in [0.3, 0.4) is 0 Å². The van der Waals surface area contributed by atoms with Crippen LogP contribution in [-0.4, -0.2) is 15.1 Å². The monoisotopic (exact) mass is 238 g/mol. The van der Waals surface area contributed by atoms with Gasteiger partial charge in [0.2, 0.25) is 0 Å². The number of hydrogen-bond donors (Lipinski definition) is 1. The van der Waals surface area contributed by atoms with Crippen molar-refractivity contribution in [1.29, 1.82) is 0 Å². The molecule has 0 saturated carbocycles. The molecule has 0 spiro atoms. The molecule has 0 saturated heterocycles. The van der Waals surface area contributed by atoms with E-state index in [-0.39, 0.29) is 5.75 Å². The molecule has 90 valence electrons. The topological polar surface area (TPSA) is 46.0 Å². The van der Waals surface area contributed by atoms with Crippen molar-refractivity contribution >= 4 is 22.1 Å². The minimum absolute atomic E-state index is 0.279. The van der Waals surface area contributed by atoms with Crippen LogP contribution in [0.1, 0.15) is 16.7 Å². The average molecular weight is 238 g/mol. The second-order valence-electron chi connectivity index (χ2n) is 4.73. The lowest BCUT2D eigenvalue weighted by Crippen LogP contribution is -1.93. The average Bonchev–Trinajstić information content (AvgIpc) is 2.34. The Balaban J connectivity index is 2.49. The van der Waals surface area contributed by atoms with Crippen molar-refractivity contribution in [2.24, 2.45) is 0 Å². The second-order valence-corrected chi connectivity index (χ2v) is 4.73. The Kier molecular flexibility index (Phi) is 2.23. The molecule has 0 bridgehead atoms. The van der Waals surface area contributed by atoms with E-state index in [0.29, 0.717) is 0 Å². The van der Waals surface area contributed by atoms with E-state index >= 15 is 0 Å². The Hall–Kier alpha value is -2.16. The van der Waals surface area contributed by atoms with Gasteiger partial charge in [-0.05, 0) is 49.6 Å². The predicted molar refractivity (Wildman–Crippen MR) is 72.9 cm³/mol. The van der Waals surface area contributed by atoms with Crippen LogP contribution in [0.25, 0.3) is 22.1 Å². The van der Waals surface area contributed by atoms with Gasteiger partial charge in [0, 0.05) is 6.07 Å². The number of nitrogens with zero attached hydrogens (tertiary/aromatic N) is 2. The number of benzene rings is 2. The van der Waals surface area contributed by atoms with Gasteiger partial charge in [0.25, 0.3) is 0 Å². The van der Waals surface area contributed by atoms with Gasteiger partial charge in [-0.1, -0.05) is 6.07 Å². The van der Waals surface area contributed by atoms with Gasteiger partial charge in [0.15, 0.2) is 0 Å². The van der Waals surface area contributed by atoms with Gasteiger partial charge in [-0.25, -0.2) is 9.97 Å². The van der Waals surface area contributed by atoms with Crippen LogP contribution in [0.4, 0.5) is 0 Å². The van der Waals surface area contributed by atoms with Gasteiger partial charge in [0.1, 0.15) is 5.75 Å². The summed E-state index contributed by atoms with van der Waals surface area (Å²) in [4.78, 5) is 9.23. The number of rotatable bonds is 0. The minimum Gasteiger partial charge on any atom is -0.508 e. The molecule has 0 atom stereocenters. The molecule has 1 N–H and O–H groups in total. The van der Waals surface area contributed by atoms with Crippen molar-refractivity contribution in [3.8, 4) is 5.75 Å². The number of fused-ring (bicyclic) bond motifs is 2. The van der Waals surface area contributed by atoms with Crippen LogP contribution in [0.15, 0.2) is 24.3 Å².